The molecule has 4 nitrogen and oxygen atoms in total. The molecule has 1 fully saturated rings. The summed E-state index contributed by atoms with van der Waals surface area (Å²) in [5, 5.41) is 7.33. The van der Waals surface area contributed by atoms with Crippen molar-refractivity contribution in [1.82, 2.24) is 10.5 Å². The molecule has 1 aliphatic heterocycles. The van der Waals surface area contributed by atoms with E-state index in [0.29, 0.717) is 18.7 Å². The van der Waals surface area contributed by atoms with Crippen LogP contribution in [0.1, 0.15) is 35.1 Å². The highest BCUT2D eigenvalue weighted by Gasteiger charge is 2.30. The Morgan fingerprint density at radius 2 is 2.09 bits per heavy atom. The average molecular weight is 308 g/mol. The summed E-state index contributed by atoms with van der Waals surface area (Å²) in [4.78, 5) is 0. The van der Waals surface area contributed by atoms with E-state index in [9.17, 15) is 8.78 Å². The molecule has 0 aliphatic carbocycles. The van der Waals surface area contributed by atoms with Crippen molar-refractivity contribution in [3.05, 3.63) is 52.4 Å². The van der Waals surface area contributed by atoms with Crippen LogP contribution in [0.25, 0.3) is 0 Å². The molecule has 1 N–H and O–H groups in total. The van der Waals surface area contributed by atoms with Crippen molar-refractivity contribution in [2.45, 2.75) is 39.0 Å². The Balaban J connectivity index is 1.72. The second-order valence-electron chi connectivity index (χ2n) is 5.54. The van der Waals surface area contributed by atoms with Crippen LogP contribution in [0.15, 0.2) is 22.7 Å². The fourth-order valence-corrected chi connectivity index (χ4v) is 2.80. The monoisotopic (exact) mass is 308 g/mol. The predicted octanol–water partition coefficient (Wildman–Crippen LogP) is 3.19. The van der Waals surface area contributed by atoms with Gasteiger partial charge in [0.15, 0.2) is 11.6 Å². The van der Waals surface area contributed by atoms with Crippen LogP contribution < -0.4 is 5.32 Å². The highest BCUT2D eigenvalue weighted by Crippen LogP contribution is 2.30. The van der Waals surface area contributed by atoms with Crippen molar-refractivity contribution >= 4 is 0 Å². The number of halogens is 2. The second-order valence-corrected chi connectivity index (χ2v) is 5.54. The quantitative estimate of drug-likeness (QED) is 0.942. The van der Waals surface area contributed by atoms with Crippen molar-refractivity contribution in [2.75, 3.05) is 6.61 Å². The van der Waals surface area contributed by atoms with Crippen LogP contribution in [0.3, 0.4) is 0 Å². The van der Waals surface area contributed by atoms with Gasteiger partial charge in [0.1, 0.15) is 5.76 Å². The van der Waals surface area contributed by atoms with Crippen LogP contribution in [0.4, 0.5) is 8.78 Å². The van der Waals surface area contributed by atoms with E-state index in [-0.39, 0.29) is 12.1 Å². The summed E-state index contributed by atoms with van der Waals surface area (Å²) < 4.78 is 37.3. The van der Waals surface area contributed by atoms with Gasteiger partial charge in [-0.15, -0.1) is 0 Å². The molecular formula is C16H18F2N2O2. The van der Waals surface area contributed by atoms with Gasteiger partial charge in [-0.2, -0.15) is 0 Å². The minimum absolute atomic E-state index is 0.0403. The molecule has 0 spiro atoms. The smallest absolute Gasteiger partial charge is 0.159 e. The minimum Gasteiger partial charge on any atom is -0.372 e. The maximum absolute atomic E-state index is 13.4. The van der Waals surface area contributed by atoms with Crippen LogP contribution in [-0.4, -0.2) is 17.8 Å². The third-order valence-corrected chi connectivity index (χ3v) is 4.09. The van der Waals surface area contributed by atoms with E-state index in [1.165, 1.54) is 6.07 Å². The normalized spacial score (nSPS) is 21.5. The zero-order valence-electron chi connectivity index (χ0n) is 12.5. The number of nitrogens with one attached hydrogen (secondary N) is 1. The molecule has 1 saturated heterocycles. The maximum Gasteiger partial charge on any atom is 0.159 e. The van der Waals surface area contributed by atoms with E-state index in [4.69, 9.17) is 9.26 Å². The highest BCUT2D eigenvalue weighted by atomic mass is 19.2. The molecular weight excluding hydrogens is 290 g/mol. The average Bonchev–Trinajstić information content (AvgIpc) is 3.08. The van der Waals surface area contributed by atoms with Crippen LogP contribution in [0.5, 0.6) is 0 Å². The molecule has 2 heterocycles. The number of ether oxygens (including phenoxy) is 1. The lowest BCUT2D eigenvalue weighted by Gasteiger charge is -2.20. The molecule has 1 aromatic carbocycles. The SMILES string of the molecule is Cc1noc(C)c1CN[C@H]1CCO[C@@H]1c1ccc(F)c(F)c1. The maximum atomic E-state index is 13.4. The van der Waals surface area contributed by atoms with E-state index < -0.39 is 11.6 Å². The molecule has 0 amide bonds. The van der Waals surface area contributed by atoms with Crippen LogP contribution in [-0.2, 0) is 11.3 Å². The Labute approximate surface area is 127 Å². The molecule has 22 heavy (non-hydrogen) atoms. The van der Waals surface area contributed by atoms with Crippen molar-refractivity contribution in [2.24, 2.45) is 0 Å². The first kappa shape index (κ1) is 15.1. The number of aryl methyl sites for hydroxylation is 2. The first-order valence-electron chi connectivity index (χ1n) is 7.28. The zero-order valence-corrected chi connectivity index (χ0v) is 12.5. The number of aromatic nitrogens is 1. The van der Waals surface area contributed by atoms with Gasteiger partial charge in [-0.05, 0) is 38.0 Å². The Morgan fingerprint density at radius 1 is 1.27 bits per heavy atom. The lowest BCUT2D eigenvalue weighted by molar-refractivity contribution is 0.0981. The fraction of sp³-hybridized carbons (Fsp3) is 0.438. The molecule has 2 atom stereocenters. The summed E-state index contributed by atoms with van der Waals surface area (Å²) in [6.45, 7) is 4.96. The van der Waals surface area contributed by atoms with Gasteiger partial charge in [-0.25, -0.2) is 8.78 Å². The molecule has 3 rings (SSSR count). The first-order valence-corrected chi connectivity index (χ1v) is 7.28. The van der Waals surface area contributed by atoms with E-state index in [1.807, 2.05) is 13.8 Å². The minimum atomic E-state index is -0.850. The van der Waals surface area contributed by atoms with Gasteiger partial charge < -0.3 is 14.6 Å². The number of nitrogens with zero attached hydrogens (tertiary/aromatic N) is 1. The van der Waals surface area contributed by atoms with Gasteiger partial charge in [0.2, 0.25) is 0 Å². The largest absolute Gasteiger partial charge is 0.372 e. The number of benzene rings is 1. The molecule has 1 aromatic heterocycles. The van der Waals surface area contributed by atoms with Gasteiger partial charge in [0.05, 0.1) is 11.8 Å². The Morgan fingerprint density at radius 3 is 2.77 bits per heavy atom. The number of rotatable bonds is 4. The third-order valence-electron chi connectivity index (χ3n) is 4.09. The van der Waals surface area contributed by atoms with Crippen LogP contribution in [0.2, 0.25) is 0 Å². The molecule has 0 bridgehead atoms. The lowest BCUT2D eigenvalue weighted by Crippen LogP contribution is -2.31. The predicted molar refractivity (Wildman–Crippen MR) is 76.3 cm³/mol. The molecule has 2 aromatic rings. The van der Waals surface area contributed by atoms with Gasteiger partial charge in [-0.1, -0.05) is 11.2 Å². The summed E-state index contributed by atoms with van der Waals surface area (Å²) in [5.74, 6) is -0.909. The summed E-state index contributed by atoms with van der Waals surface area (Å²) in [6, 6.07) is 3.95. The number of hydrogen-bond donors (Lipinski definition) is 1. The van der Waals surface area contributed by atoms with E-state index >= 15 is 0 Å². The summed E-state index contributed by atoms with van der Waals surface area (Å²) >= 11 is 0. The molecule has 118 valence electrons. The summed E-state index contributed by atoms with van der Waals surface area (Å²) in [6.07, 6.45) is 0.531. The van der Waals surface area contributed by atoms with Crippen LogP contribution in [0, 0.1) is 25.5 Å². The zero-order chi connectivity index (χ0) is 15.7. The van der Waals surface area contributed by atoms with E-state index in [1.54, 1.807) is 6.07 Å². The Bertz CT molecular complexity index is 653. The molecule has 1 aliphatic rings. The Kier molecular flexibility index (Phi) is 4.22. The molecule has 0 saturated carbocycles. The fourth-order valence-electron chi connectivity index (χ4n) is 2.80. The molecule has 6 heteroatoms. The summed E-state index contributed by atoms with van der Waals surface area (Å²) in [5.41, 5.74) is 2.52. The first-order chi connectivity index (χ1) is 10.6. The highest BCUT2D eigenvalue weighted by molar-refractivity contribution is 5.24. The van der Waals surface area contributed by atoms with Crippen molar-refractivity contribution in [3.8, 4) is 0 Å². The van der Waals surface area contributed by atoms with Gasteiger partial charge in [0.25, 0.3) is 0 Å². The number of hydrogen-bond acceptors (Lipinski definition) is 4. The topological polar surface area (TPSA) is 47.3 Å². The van der Waals surface area contributed by atoms with E-state index in [2.05, 4.69) is 10.5 Å². The standard InChI is InChI=1S/C16H18F2N2O2/c1-9-12(10(2)22-20-9)8-19-15-5-6-21-16(15)11-3-4-13(17)14(18)7-11/h3-4,7,15-16,19H,5-6,8H2,1-2H3/t15-,16+/m0/s1. The Hall–Kier alpha value is -1.79. The molecule has 0 radical (unpaired) electrons. The third kappa shape index (κ3) is 2.89. The molecule has 0 unspecified atom stereocenters. The van der Waals surface area contributed by atoms with Crippen molar-refractivity contribution in [3.63, 3.8) is 0 Å². The van der Waals surface area contributed by atoms with Crippen molar-refractivity contribution < 1.29 is 18.0 Å². The van der Waals surface area contributed by atoms with Gasteiger partial charge >= 0.3 is 0 Å². The van der Waals surface area contributed by atoms with Gasteiger partial charge in [0, 0.05) is 24.8 Å². The van der Waals surface area contributed by atoms with E-state index in [0.717, 1.165) is 29.5 Å². The van der Waals surface area contributed by atoms with Crippen LogP contribution >= 0.6 is 0 Å². The second kappa shape index (κ2) is 6.14. The van der Waals surface area contributed by atoms with Gasteiger partial charge in [-0.3, -0.25) is 0 Å². The lowest BCUT2D eigenvalue weighted by atomic mass is 10.0. The summed E-state index contributed by atoms with van der Waals surface area (Å²) in [7, 11) is 0. The van der Waals surface area contributed by atoms with Crippen molar-refractivity contribution in [1.29, 1.82) is 0 Å².